The van der Waals surface area contributed by atoms with Crippen molar-refractivity contribution < 1.29 is 14.1 Å². The summed E-state index contributed by atoms with van der Waals surface area (Å²) in [5, 5.41) is 11.4. The van der Waals surface area contributed by atoms with Gasteiger partial charge in [0.05, 0.1) is 16.4 Å². The van der Waals surface area contributed by atoms with Crippen LogP contribution in [0.1, 0.15) is 44.0 Å². The number of rotatable bonds is 5. The van der Waals surface area contributed by atoms with Gasteiger partial charge < -0.3 is 5.11 Å². The van der Waals surface area contributed by atoms with Crippen molar-refractivity contribution in [2.24, 2.45) is 5.92 Å². The molecule has 4 heteroatoms. The van der Waals surface area contributed by atoms with Crippen LogP contribution in [-0.4, -0.2) is 15.1 Å². The van der Waals surface area contributed by atoms with Gasteiger partial charge >= 0.3 is 0 Å². The maximum atomic E-state index is 14.2. The summed E-state index contributed by atoms with van der Waals surface area (Å²) in [6, 6.07) is 37.6. The van der Waals surface area contributed by atoms with Crippen LogP contribution >= 0.6 is 0 Å². The average molecular weight is 467 g/mol. The highest BCUT2D eigenvalue weighted by Gasteiger charge is 2.56. The molecule has 1 heterocycles. The van der Waals surface area contributed by atoms with Gasteiger partial charge in [-0.2, -0.15) is 0 Å². The van der Waals surface area contributed by atoms with Crippen LogP contribution in [0.4, 0.5) is 0 Å². The molecule has 3 nitrogen and oxygen atoms in total. The summed E-state index contributed by atoms with van der Waals surface area (Å²) >= 11 is 0. The Morgan fingerprint density at radius 2 is 1.18 bits per heavy atom. The van der Waals surface area contributed by atoms with Crippen molar-refractivity contribution in [2.75, 3.05) is 0 Å². The van der Waals surface area contributed by atoms with E-state index < -0.39 is 32.8 Å². The van der Waals surface area contributed by atoms with Crippen molar-refractivity contribution in [1.29, 1.82) is 0 Å². The Hall–Kier alpha value is -3.34. The first-order valence-corrected chi connectivity index (χ1v) is 12.7. The first-order chi connectivity index (χ1) is 16.6. The van der Waals surface area contributed by atoms with Gasteiger partial charge in [0.2, 0.25) is 0 Å². The molecular weight excluding hydrogens is 440 g/mol. The van der Waals surface area contributed by atoms with Crippen LogP contribution in [0.5, 0.6) is 0 Å². The van der Waals surface area contributed by atoms with Crippen LogP contribution in [0.15, 0.2) is 121 Å². The first kappa shape index (κ1) is 22.5. The van der Waals surface area contributed by atoms with Gasteiger partial charge in [0, 0.05) is 16.4 Å². The number of benzene rings is 4. The lowest BCUT2D eigenvalue weighted by molar-refractivity contribution is -0.0298. The Morgan fingerprint density at radius 1 is 0.706 bits per heavy atom. The zero-order valence-corrected chi connectivity index (χ0v) is 19.5. The van der Waals surface area contributed by atoms with Gasteiger partial charge in [-0.15, -0.1) is 0 Å². The Kier molecular flexibility index (Phi) is 6.27. The van der Waals surface area contributed by atoms with Crippen LogP contribution in [0.2, 0.25) is 0 Å². The lowest BCUT2D eigenvalue weighted by Gasteiger charge is -2.47. The Morgan fingerprint density at radius 3 is 1.74 bits per heavy atom. The van der Waals surface area contributed by atoms with Crippen molar-refractivity contribution in [1.82, 2.24) is 0 Å². The van der Waals surface area contributed by atoms with E-state index in [2.05, 4.69) is 0 Å². The molecule has 0 aromatic heterocycles. The van der Waals surface area contributed by atoms with E-state index in [1.807, 2.05) is 109 Å². The second kappa shape index (κ2) is 9.49. The number of Topliss-reactive ketones (excluding diaryl/α,β-unsaturated/α-hetero) is 1. The Bertz CT molecular complexity index is 1280. The molecule has 1 fully saturated rings. The molecule has 1 N–H and O–H groups in total. The highest BCUT2D eigenvalue weighted by atomic mass is 32.2. The first-order valence-electron chi connectivity index (χ1n) is 11.5. The molecule has 0 amide bonds. The van der Waals surface area contributed by atoms with Gasteiger partial charge in [-0.3, -0.25) is 9.00 Å². The molecule has 1 aliphatic rings. The lowest BCUT2D eigenvalue weighted by Crippen LogP contribution is -2.50. The SMILES string of the molecule is O=C(c1ccccc1)[C@@H]1[C@H](c2ccccc2)[S@](=O)[C@H](c2ccccc2)C[C@@]1(O)c1ccccc1. The van der Waals surface area contributed by atoms with Gasteiger partial charge in [-0.1, -0.05) is 121 Å². The van der Waals surface area contributed by atoms with Crippen molar-refractivity contribution in [3.8, 4) is 0 Å². The van der Waals surface area contributed by atoms with Crippen molar-refractivity contribution in [3.05, 3.63) is 144 Å². The Labute approximate surface area is 202 Å². The van der Waals surface area contributed by atoms with Gasteiger partial charge in [0.15, 0.2) is 5.78 Å². The molecule has 34 heavy (non-hydrogen) atoms. The van der Waals surface area contributed by atoms with Gasteiger partial charge in [-0.25, -0.2) is 0 Å². The van der Waals surface area contributed by atoms with Crippen LogP contribution in [0.25, 0.3) is 0 Å². The summed E-state index contributed by atoms with van der Waals surface area (Å²) in [4.78, 5) is 14.1. The van der Waals surface area contributed by atoms with Gasteiger partial charge in [0.1, 0.15) is 5.60 Å². The van der Waals surface area contributed by atoms with Crippen LogP contribution < -0.4 is 0 Å². The molecule has 1 saturated heterocycles. The maximum absolute atomic E-state index is 14.2. The second-order valence-corrected chi connectivity index (χ2v) is 10.5. The zero-order valence-electron chi connectivity index (χ0n) is 18.7. The van der Waals surface area contributed by atoms with E-state index in [0.29, 0.717) is 11.1 Å². The predicted molar refractivity (Wildman–Crippen MR) is 136 cm³/mol. The summed E-state index contributed by atoms with van der Waals surface area (Å²) in [5.41, 5.74) is 1.39. The summed E-state index contributed by atoms with van der Waals surface area (Å²) in [6.07, 6.45) is 0.195. The van der Waals surface area contributed by atoms with E-state index in [1.165, 1.54) is 0 Å². The molecule has 0 unspecified atom stereocenters. The zero-order chi connectivity index (χ0) is 23.5. The van der Waals surface area contributed by atoms with E-state index in [9.17, 15) is 14.1 Å². The minimum atomic E-state index is -1.50. The molecular formula is C30H26O3S. The number of hydrogen-bond acceptors (Lipinski definition) is 3. The minimum Gasteiger partial charge on any atom is -0.384 e. The average Bonchev–Trinajstić information content (AvgIpc) is 2.91. The monoisotopic (exact) mass is 466 g/mol. The molecule has 4 aromatic rings. The van der Waals surface area contributed by atoms with Gasteiger partial charge in [-0.05, 0) is 23.1 Å². The molecule has 0 bridgehead atoms. The van der Waals surface area contributed by atoms with Crippen molar-refractivity contribution in [3.63, 3.8) is 0 Å². The maximum Gasteiger partial charge on any atom is 0.170 e. The molecule has 1 aliphatic heterocycles. The summed E-state index contributed by atoms with van der Waals surface area (Å²) in [6.45, 7) is 0. The molecule has 0 saturated carbocycles. The van der Waals surface area contributed by atoms with E-state index >= 15 is 0 Å². The van der Waals surface area contributed by atoms with Crippen molar-refractivity contribution in [2.45, 2.75) is 22.5 Å². The summed E-state index contributed by atoms with van der Waals surface area (Å²) in [7, 11) is -1.44. The van der Waals surface area contributed by atoms with Crippen LogP contribution in [0, 0.1) is 5.92 Å². The van der Waals surface area contributed by atoms with Crippen molar-refractivity contribution >= 4 is 16.6 Å². The molecule has 4 aromatic carbocycles. The molecule has 5 rings (SSSR count). The van der Waals surface area contributed by atoms with E-state index in [4.69, 9.17) is 0 Å². The normalized spacial score (nSPS) is 26.6. The highest BCUT2D eigenvalue weighted by molar-refractivity contribution is 7.85. The molecule has 0 aliphatic carbocycles. The highest BCUT2D eigenvalue weighted by Crippen LogP contribution is 2.55. The van der Waals surface area contributed by atoms with E-state index in [0.717, 1.165) is 11.1 Å². The molecule has 170 valence electrons. The fourth-order valence-corrected chi connectivity index (χ4v) is 7.34. The molecule has 5 atom stereocenters. The summed E-state index contributed by atoms with van der Waals surface area (Å²) in [5.74, 6) is -1.10. The lowest BCUT2D eigenvalue weighted by atomic mass is 9.70. The largest absolute Gasteiger partial charge is 0.384 e. The number of carbonyl (C=O) groups excluding carboxylic acids is 1. The fourth-order valence-electron chi connectivity index (χ4n) is 5.10. The third-order valence-corrected chi connectivity index (χ3v) is 8.80. The van der Waals surface area contributed by atoms with Gasteiger partial charge in [0.25, 0.3) is 0 Å². The fraction of sp³-hybridized carbons (Fsp3) is 0.167. The van der Waals surface area contributed by atoms with Crippen LogP contribution in [0.3, 0.4) is 0 Å². The number of hydrogen-bond donors (Lipinski definition) is 1. The minimum absolute atomic E-state index is 0.194. The smallest absolute Gasteiger partial charge is 0.170 e. The predicted octanol–water partition coefficient (Wildman–Crippen LogP) is 6.01. The number of aliphatic hydroxyl groups is 1. The molecule has 0 spiro atoms. The quantitative estimate of drug-likeness (QED) is 0.367. The topological polar surface area (TPSA) is 54.4 Å². The summed E-state index contributed by atoms with van der Waals surface area (Å²) < 4.78 is 14.2. The third-order valence-electron chi connectivity index (χ3n) is 6.76. The second-order valence-electron chi connectivity index (χ2n) is 8.76. The van der Waals surface area contributed by atoms with Crippen LogP contribution in [-0.2, 0) is 16.4 Å². The third kappa shape index (κ3) is 4.04. The number of ketones is 1. The van der Waals surface area contributed by atoms with E-state index in [1.54, 1.807) is 12.1 Å². The van der Waals surface area contributed by atoms with E-state index in [-0.39, 0.29) is 12.2 Å². The standard InChI is InChI=1S/C30H26O3S/c31-28(23-15-7-2-8-16-23)27-29(24-17-9-3-10-18-24)34(33)26(22-13-5-1-6-14-22)21-30(27,32)25-19-11-4-12-20-25/h1-20,26-27,29,32H,21H2/t26-,27+,29-,30+,34+/m0/s1. The Balaban J connectivity index is 1.74. The number of carbonyl (C=O) groups is 1. The molecule has 0 radical (unpaired) electrons.